The standard InChI is InChI=1S/C16H19F5N6O2/c1-8(16(19,20)21)24-14(28)13(22)12-7-26(4-5-27(12)23)15(29)25-9-2-3-10(17)11(18)6-9/h2-3,6,8H,4-5,7,22-23H2,1H3,(H,24,28)(H,25,29)/b13-12-. The van der Waals surface area contributed by atoms with Crippen LogP contribution in [0.15, 0.2) is 29.6 Å². The molecule has 1 atom stereocenters. The quantitative estimate of drug-likeness (QED) is 0.332. The first-order valence-corrected chi connectivity index (χ1v) is 8.29. The highest BCUT2D eigenvalue weighted by molar-refractivity contribution is 5.94. The van der Waals surface area contributed by atoms with Crippen LogP contribution in [0.3, 0.4) is 0 Å². The van der Waals surface area contributed by atoms with Crippen LogP contribution in [0.5, 0.6) is 0 Å². The van der Waals surface area contributed by atoms with Crippen molar-refractivity contribution >= 4 is 17.6 Å². The maximum Gasteiger partial charge on any atom is 0.408 e. The van der Waals surface area contributed by atoms with E-state index in [4.69, 9.17) is 11.6 Å². The van der Waals surface area contributed by atoms with E-state index in [1.165, 1.54) is 0 Å². The Hall–Kier alpha value is -3.09. The Labute approximate surface area is 162 Å². The average molecular weight is 422 g/mol. The second kappa shape index (κ2) is 8.51. The van der Waals surface area contributed by atoms with E-state index in [0.717, 1.165) is 35.0 Å². The summed E-state index contributed by atoms with van der Waals surface area (Å²) in [6.07, 6.45) is -4.66. The molecule has 29 heavy (non-hydrogen) atoms. The van der Waals surface area contributed by atoms with Gasteiger partial charge >= 0.3 is 12.2 Å². The number of hydrazine groups is 1. The van der Waals surface area contributed by atoms with Crippen molar-refractivity contribution in [2.75, 3.05) is 25.0 Å². The third-order valence-corrected chi connectivity index (χ3v) is 4.15. The zero-order valence-electron chi connectivity index (χ0n) is 15.2. The van der Waals surface area contributed by atoms with E-state index in [9.17, 15) is 31.5 Å². The molecule has 8 nitrogen and oxygen atoms in total. The zero-order valence-corrected chi connectivity index (χ0v) is 15.2. The second-order valence-corrected chi connectivity index (χ2v) is 6.27. The minimum absolute atomic E-state index is 0.0145. The van der Waals surface area contributed by atoms with E-state index in [1.807, 2.05) is 0 Å². The molecule has 0 radical (unpaired) electrons. The minimum atomic E-state index is -4.66. The first-order valence-electron chi connectivity index (χ1n) is 8.29. The Morgan fingerprint density at radius 2 is 1.83 bits per heavy atom. The van der Waals surface area contributed by atoms with E-state index in [-0.39, 0.29) is 31.0 Å². The van der Waals surface area contributed by atoms with Crippen LogP contribution in [-0.2, 0) is 4.79 Å². The summed E-state index contributed by atoms with van der Waals surface area (Å²) in [4.78, 5) is 25.5. The van der Waals surface area contributed by atoms with Gasteiger partial charge in [0, 0.05) is 18.3 Å². The topological polar surface area (TPSA) is 117 Å². The molecule has 1 saturated heterocycles. The number of piperazine rings is 1. The number of anilines is 1. The summed E-state index contributed by atoms with van der Waals surface area (Å²) in [5.41, 5.74) is 5.00. The van der Waals surface area contributed by atoms with E-state index in [0.29, 0.717) is 0 Å². The van der Waals surface area contributed by atoms with Gasteiger partial charge in [0.15, 0.2) is 11.6 Å². The minimum Gasteiger partial charge on any atom is -0.393 e. The Kier molecular flexibility index (Phi) is 6.51. The van der Waals surface area contributed by atoms with Crippen LogP contribution >= 0.6 is 0 Å². The number of hydrogen-bond donors (Lipinski definition) is 4. The predicted molar refractivity (Wildman–Crippen MR) is 92.7 cm³/mol. The van der Waals surface area contributed by atoms with Crippen molar-refractivity contribution in [3.63, 3.8) is 0 Å². The molecule has 0 aromatic heterocycles. The molecule has 1 fully saturated rings. The molecule has 0 spiro atoms. The summed E-state index contributed by atoms with van der Waals surface area (Å²) >= 11 is 0. The fraction of sp³-hybridized carbons (Fsp3) is 0.375. The van der Waals surface area contributed by atoms with Crippen LogP contribution in [0.2, 0.25) is 0 Å². The lowest BCUT2D eigenvalue weighted by Crippen LogP contribution is -2.53. The molecule has 1 unspecified atom stereocenters. The third-order valence-electron chi connectivity index (χ3n) is 4.15. The number of nitrogens with zero attached hydrogens (tertiary/aromatic N) is 2. The Balaban J connectivity index is 2.12. The van der Waals surface area contributed by atoms with Gasteiger partial charge in [-0.1, -0.05) is 0 Å². The molecule has 0 saturated carbocycles. The summed E-state index contributed by atoms with van der Waals surface area (Å²) in [6, 6.07) is -0.107. The van der Waals surface area contributed by atoms with Gasteiger partial charge < -0.3 is 26.3 Å². The van der Waals surface area contributed by atoms with Crippen LogP contribution in [0.4, 0.5) is 32.4 Å². The number of nitrogens with two attached hydrogens (primary N) is 2. The summed E-state index contributed by atoms with van der Waals surface area (Å²) in [7, 11) is 0. The molecule has 1 aliphatic heterocycles. The summed E-state index contributed by atoms with van der Waals surface area (Å²) in [5, 5.41) is 5.10. The fourth-order valence-electron chi connectivity index (χ4n) is 2.39. The predicted octanol–water partition coefficient (Wildman–Crippen LogP) is 1.23. The van der Waals surface area contributed by atoms with Gasteiger partial charge in [-0.2, -0.15) is 13.2 Å². The first kappa shape index (κ1) is 22.2. The van der Waals surface area contributed by atoms with Gasteiger partial charge in [0.1, 0.15) is 11.7 Å². The number of rotatable bonds is 3. The molecule has 1 aromatic rings. The lowest BCUT2D eigenvalue weighted by molar-refractivity contribution is -0.156. The van der Waals surface area contributed by atoms with Crippen LogP contribution in [0, 0.1) is 11.6 Å². The number of benzene rings is 1. The fourth-order valence-corrected chi connectivity index (χ4v) is 2.39. The molecule has 2 rings (SSSR count). The van der Waals surface area contributed by atoms with Gasteiger partial charge in [0.05, 0.1) is 18.8 Å². The molecule has 1 heterocycles. The maximum absolute atomic E-state index is 13.3. The molecule has 6 N–H and O–H groups in total. The number of amides is 3. The van der Waals surface area contributed by atoms with Crippen LogP contribution in [0.25, 0.3) is 0 Å². The molecule has 0 aliphatic carbocycles. The smallest absolute Gasteiger partial charge is 0.393 e. The highest BCUT2D eigenvalue weighted by Gasteiger charge is 2.38. The second-order valence-electron chi connectivity index (χ2n) is 6.27. The van der Waals surface area contributed by atoms with E-state index in [2.05, 4.69) is 5.32 Å². The summed E-state index contributed by atoms with van der Waals surface area (Å²) in [6.45, 7) is 0.580. The monoisotopic (exact) mass is 422 g/mol. The van der Waals surface area contributed by atoms with E-state index in [1.54, 1.807) is 5.32 Å². The number of carbonyl (C=O) groups excluding carboxylic acids is 2. The Bertz CT molecular complexity index is 829. The number of alkyl halides is 3. The first-order chi connectivity index (χ1) is 13.4. The molecular formula is C16H19F5N6O2. The normalized spacial score (nSPS) is 17.6. The molecule has 160 valence electrons. The van der Waals surface area contributed by atoms with Gasteiger partial charge in [-0.3, -0.25) is 4.79 Å². The van der Waals surface area contributed by atoms with Crippen molar-refractivity contribution in [1.82, 2.24) is 15.2 Å². The molecular weight excluding hydrogens is 403 g/mol. The molecule has 1 aromatic carbocycles. The molecule has 13 heteroatoms. The number of hydrogen-bond acceptors (Lipinski definition) is 5. The molecule has 0 bridgehead atoms. The van der Waals surface area contributed by atoms with Crippen LogP contribution in [-0.4, -0.2) is 53.7 Å². The van der Waals surface area contributed by atoms with Crippen molar-refractivity contribution in [2.45, 2.75) is 19.1 Å². The number of nitrogens with one attached hydrogen (secondary N) is 2. The maximum atomic E-state index is 13.3. The summed E-state index contributed by atoms with van der Waals surface area (Å²) in [5.74, 6) is 2.29. The number of halogens is 5. The van der Waals surface area contributed by atoms with Crippen molar-refractivity contribution in [1.29, 1.82) is 0 Å². The number of urea groups is 1. The zero-order chi connectivity index (χ0) is 21.9. The number of carbonyl (C=O) groups is 2. The van der Waals surface area contributed by atoms with Gasteiger partial charge in [-0.25, -0.2) is 19.4 Å². The van der Waals surface area contributed by atoms with Crippen molar-refractivity contribution in [3.8, 4) is 0 Å². The SMILES string of the molecule is CC(NC(=O)/C(N)=C1\CN(C(=O)Nc2ccc(F)c(F)c2)CCN1N)C(F)(F)F. The average Bonchev–Trinajstić information content (AvgIpc) is 2.63. The van der Waals surface area contributed by atoms with Gasteiger partial charge in [-0.05, 0) is 19.1 Å². The van der Waals surface area contributed by atoms with Gasteiger partial charge in [-0.15, -0.1) is 0 Å². The lowest BCUT2D eigenvalue weighted by Gasteiger charge is -2.36. The van der Waals surface area contributed by atoms with Gasteiger partial charge in [0.2, 0.25) is 0 Å². The van der Waals surface area contributed by atoms with Crippen molar-refractivity contribution in [2.24, 2.45) is 11.6 Å². The van der Waals surface area contributed by atoms with E-state index >= 15 is 0 Å². The molecule has 1 aliphatic rings. The van der Waals surface area contributed by atoms with Crippen molar-refractivity contribution < 1.29 is 31.5 Å². The Morgan fingerprint density at radius 1 is 1.17 bits per heavy atom. The Morgan fingerprint density at radius 3 is 2.41 bits per heavy atom. The third kappa shape index (κ3) is 5.47. The highest BCUT2D eigenvalue weighted by Crippen LogP contribution is 2.20. The van der Waals surface area contributed by atoms with E-state index < -0.39 is 41.5 Å². The lowest BCUT2D eigenvalue weighted by atomic mass is 10.2. The van der Waals surface area contributed by atoms with Gasteiger partial charge in [0.25, 0.3) is 5.91 Å². The van der Waals surface area contributed by atoms with Crippen LogP contribution in [0.1, 0.15) is 6.92 Å². The highest BCUT2D eigenvalue weighted by atomic mass is 19.4. The summed E-state index contributed by atoms with van der Waals surface area (Å²) < 4.78 is 64.0. The van der Waals surface area contributed by atoms with Crippen LogP contribution < -0.4 is 22.2 Å². The molecule has 3 amide bonds. The van der Waals surface area contributed by atoms with Crippen molar-refractivity contribution in [3.05, 3.63) is 41.2 Å². The largest absolute Gasteiger partial charge is 0.408 e.